The lowest BCUT2D eigenvalue weighted by atomic mass is 10.0. The van der Waals surface area contributed by atoms with Crippen LogP contribution < -0.4 is 0 Å². The molecule has 1 fully saturated rings. The maximum absolute atomic E-state index is 12.6. The number of aliphatic hydroxyl groups is 1. The van der Waals surface area contributed by atoms with Crippen LogP contribution in [-0.4, -0.2) is 54.2 Å². The molecule has 3 aromatic carbocycles. The summed E-state index contributed by atoms with van der Waals surface area (Å²) >= 11 is 0. The van der Waals surface area contributed by atoms with E-state index in [9.17, 15) is 19.5 Å². The average Bonchev–Trinajstić information content (AvgIpc) is 2.90. The zero-order valence-electron chi connectivity index (χ0n) is 18.7. The summed E-state index contributed by atoms with van der Waals surface area (Å²) in [7, 11) is 0. The number of benzene rings is 3. The Balaban J connectivity index is 1.47. The van der Waals surface area contributed by atoms with E-state index in [1.54, 1.807) is 91.0 Å². The second kappa shape index (κ2) is 11.4. The van der Waals surface area contributed by atoms with Crippen molar-refractivity contribution in [1.29, 1.82) is 0 Å². The van der Waals surface area contributed by atoms with Crippen LogP contribution in [0.5, 0.6) is 0 Å². The van der Waals surface area contributed by atoms with Gasteiger partial charge in [0.1, 0.15) is 24.9 Å². The minimum Gasteiger partial charge on any atom is -0.459 e. The van der Waals surface area contributed by atoms with Crippen LogP contribution in [0.25, 0.3) is 0 Å². The van der Waals surface area contributed by atoms with Gasteiger partial charge < -0.3 is 24.1 Å². The fourth-order valence-electron chi connectivity index (χ4n) is 3.59. The van der Waals surface area contributed by atoms with Gasteiger partial charge in [0, 0.05) is 0 Å². The molecule has 4 rings (SSSR count). The van der Waals surface area contributed by atoms with Crippen LogP contribution in [0, 0.1) is 0 Å². The van der Waals surface area contributed by atoms with E-state index in [0.29, 0.717) is 16.7 Å². The van der Waals surface area contributed by atoms with Gasteiger partial charge in [0.15, 0.2) is 0 Å². The topological polar surface area (TPSA) is 108 Å². The van der Waals surface area contributed by atoms with Crippen LogP contribution in [0.2, 0.25) is 0 Å². The maximum atomic E-state index is 12.6. The molecule has 4 atom stereocenters. The van der Waals surface area contributed by atoms with Crippen LogP contribution in [0.3, 0.4) is 0 Å². The fourth-order valence-corrected chi connectivity index (χ4v) is 3.59. The molecule has 0 saturated carbocycles. The molecule has 0 aliphatic carbocycles. The zero-order valence-corrected chi connectivity index (χ0v) is 18.7. The van der Waals surface area contributed by atoms with E-state index < -0.39 is 42.5 Å². The summed E-state index contributed by atoms with van der Waals surface area (Å²) in [6, 6.07) is 25.0. The van der Waals surface area contributed by atoms with Crippen molar-refractivity contribution < 1.29 is 38.4 Å². The molecular weight excluding hydrogens is 452 g/mol. The van der Waals surface area contributed by atoms with Crippen molar-refractivity contribution in [3.63, 3.8) is 0 Å². The SMILES string of the molecule is O=C(OC[C@H]1O[C@@H](OC(=O)c2ccccc2)C[C@@H](OC(=O)c2ccccc2)C1O)c1ccccc1. The summed E-state index contributed by atoms with van der Waals surface area (Å²) in [5, 5.41) is 10.8. The average molecular weight is 476 g/mol. The van der Waals surface area contributed by atoms with Gasteiger partial charge in [-0.1, -0.05) is 54.6 Å². The Hall–Kier alpha value is -4.01. The highest BCUT2D eigenvalue weighted by Gasteiger charge is 2.42. The second-order valence-electron chi connectivity index (χ2n) is 7.88. The minimum absolute atomic E-state index is 0.0958. The van der Waals surface area contributed by atoms with E-state index in [4.69, 9.17) is 18.9 Å². The van der Waals surface area contributed by atoms with E-state index in [2.05, 4.69) is 0 Å². The van der Waals surface area contributed by atoms with Crippen LogP contribution in [-0.2, 0) is 18.9 Å². The lowest BCUT2D eigenvalue weighted by molar-refractivity contribution is -0.238. The van der Waals surface area contributed by atoms with Crippen LogP contribution >= 0.6 is 0 Å². The normalized spacial score (nSPS) is 21.5. The Morgan fingerprint density at radius 3 is 1.69 bits per heavy atom. The summed E-state index contributed by atoms with van der Waals surface area (Å²) in [4.78, 5) is 37.5. The Morgan fingerprint density at radius 1 is 0.714 bits per heavy atom. The Morgan fingerprint density at radius 2 is 1.17 bits per heavy atom. The lowest BCUT2D eigenvalue weighted by Crippen LogP contribution is -2.53. The Kier molecular flexibility index (Phi) is 7.87. The number of esters is 3. The predicted octanol–water partition coefficient (Wildman–Crippen LogP) is 3.40. The van der Waals surface area contributed by atoms with E-state index in [1.807, 2.05) is 0 Å². The minimum atomic E-state index is -1.32. The van der Waals surface area contributed by atoms with Crippen molar-refractivity contribution >= 4 is 17.9 Å². The first-order valence-corrected chi connectivity index (χ1v) is 11.1. The van der Waals surface area contributed by atoms with Gasteiger partial charge in [-0.25, -0.2) is 14.4 Å². The van der Waals surface area contributed by atoms with Crippen molar-refractivity contribution in [2.24, 2.45) is 0 Å². The van der Waals surface area contributed by atoms with Gasteiger partial charge in [-0.3, -0.25) is 0 Å². The molecule has 1 saturated heterocycles. The highest BCUT2D eigenvalue weighted by atomic mass is 16.7. The fraction of sp³-hybridized carbons (Fsp3) is 0.222. The van der Waals surface area contributed by atoms with Gasteiger partial charge >= 0.3 is 17.9 Å². The molecule has 1 aliphatic rings. The van der Waals surface area contributed by atoms with Crippen molar-refractivity contribution in [3.8, 4) is 0 Å². The number of rotatable bonds is 7. The third-order valence-corrected chi connectivity index (χ3v) is 5.42. The number of carbonyl (C=O) groups excluding carboxylic acids is 3. The van der Waals surface area contributed by atoms with Crippen LogP contribution in [0.1, 0.15) is 37.5 Å². The number of hydrogen-bond acceptors (Lipinski definition) is 8. The number of carbonyl (C=O) groups is 3. The summed E-state index contributed by atoms with van der Waals surface area (Å²) in [5.74, 6) is -1.90. The first-order chi connectivity index (χ1) is 17.0. The van der Waals surface area contributed by atoms with Crippen LogP contribution in [0.4, 0.5) is 0 Å². The smallest absolute Gasteiger partial charge is 0.340 e. The first-order valence-electron chi connectivity index (χ1n) is 11.1. The van der Waals surface area contributed by atoms with Crippen LogP contribution in [0.15, 0.2) is 91.0 Å². The highest BCUT2D eigenvalue weighted by Crippen LogP contribution is 2.26. The van der Waals surface area contributed by atoms with Crippen molar-refractivity contribution in [2.45, 2.75) is 31.0 Å². The second-order valence-corrected chi connectivity index (χ2v) is 7.88. The van der Waals surface area contributed by atoms with Crippen molar-refractivity contribution in [3.05, 3.63) is 108 Å². The molecule has 8 nitrogen and oxygen atoms in total. The predicted molar refractivity (Wildman–Crippen MR) is 124 cm³/mol. The standard InChI is InChI=1S/C27H24O8/c28-24-21(34-26(30)19-12-6-2-7-13-19)16-23(35-27(31)20-14-8-3-9-15-20)33-22(24)17-32-25(29)18-10-4-1-5-11-18/h1-15,21-24,28H,16-17H2/t21-,22-,23+,24?/m1/s1. The quantitative estimate of drug-likeness (QED) is 0.408. The van der Waals surface area contributed by atoms with Crippen molar-refractivity contribution in [2.75, 3.05) is 6.61 Å². The summed E-state index contributed by atoms with van der Waals surface area (Å²) in [6.45, 7) is -0.340. The molecule has 0 radical (unpaired) electrons. The highest BCUT2D eigenvalue weighted by molar-refractivity contribution is 5.90. The van der Waals surface area contributed by atoms with Gasteiger partial charge in [0.05, 0.1) is 23.1 Å². The molecule has 35 heavy (non-hydrogen) atoms. The molecule has 0 amide bonds. The Bertz CT molecular complexity index is 1130. The monoisotopic (exact) mass is 476 g/mol. The summed E-state index contributed by atoms with van der Waals surface area (Å²) in [5.41, 5.74) is 0.945. The number of ether oxygens (including phenoxy) is 4. The van der Waals surface area contributed by atoms with Gasteiger partial charge in [0.2, 0.25) is 6.29 Å². The van der Waals surface area contributed by atoms with E-state index in [-0.39, 0.29) is 13.0 Å². The Labute approximate surface area is 202 Å². The van der Waals surface area contributed by atoms with E-state index in [1.165, 1.54) is 0 Å². The van der Waals surface area contributed by atoms with E-state index >= 15 is 0 Å². The maximum Gasteiger partial charge on any atom is 0.340 e. The molecule has 180 valence electrons. The van der Waals surface area contributed by atoms with E-state index in [0.717, 1.165) is 0 Å². The van der Waals surface area contributed by atoms with Gasteiger partial charge in [0.25, 0.3) is 0 Å². The third kappa shape index (κ3) is 6.32. The molecular formula is C27H24O8. The van der Waals surface area contributed by atoms with Crippen molar-refractivity contribution in [1.82, 2.24) is 0 Å². The molecule has 0 bridgehead atoms. The van der Waals surface area contributed by atoms with Gasteiger partial charge in [-0.15, -0.1) is 0 Å². The first kappa shape index (κ1) is 24.1. The molecule has 8 heteroatoms. The summed E-state index contributed by atoms with van der Waals surface area (Å²) in [6.07, 6.45) is -4.72. The molecule has 1 aliphatic heterocycles. The molecule has 1 N–H and O–H groups in total. The third-order valence-electron chi connectivity index (χ3n) is 5.42. The molecule has 0 aromatic heterocycles. The zero-order chi connectivity index (χ0) is 24.6. The van der Waals surface area contributed by atoms with Gasteiger partial charge in [-0.2, -0.15) is 0 Å². The molecule has 3 aromatic rings. The number of aliphatic hydroxyl groups excluding tert-OH is 1. The van der Waals surface area contributed by atoms with Gasteiger partial charge in [-0.05, 0) is 36.4 Å². The lowest BCUT2D eigenvalue weighted by Gasteiger charge is -2.38. The molecule has 1 heterocycles. The molecule has 1 unspecified atom stereocenters. The summed E-state index contributed by atoms with van der Waals surface area (Å²) < 4.78 is 22.0. The largest absolute Gasteiger partial charge is 0.459 e. The number of hydrogen-bond donors (Lipinski definition) is 1. The molecule has 0 spiro atoms.